The Hall–Kier alpha value is -3.48. The van der Waals surface area contributed by atoms with Gasteiger partial charge in [-0.2, -0.15) is 0 Å². The van der Waals surface area contributed by atoms with Crippen molar-refractivity contribution in [3.05, 3.63) is 48.5 Å². The third kappa shape index (κ3) is 4.21. The smallest absolute Gasteiger partial charge is 0.262 e. The molecular formula is C24H25N3O4. The second-order valence-electron chi connectivity index (χ2n) is 8.10. The number of anilines is 2. The first-order chi connectivity index (χ1) is 15.2. The number of para-hydroxylation sites is 1. The van der Waals surface area contributed by atoms with E-state index in [1.54, 1.807) is 18.2 Å². The molecule has 0 aliphatic carbocycles. The highest BCUT2D eigenvalue weighted by Gasteiger charge is 2.19. The topological polar surface area (TPSA) is 72.9 Å². The molecule has 160 valence electrons. The number of fused-ring (bicyclic) bond motifs is 2. The Morgan fingerprint density at radius 3 is 3.00 bits per heavy atom. The van der Waals surface area contributed by atoms with Crippen molar-refractivity contribution < 1.29 is 19.0 Å². The van der Waals surface area contributed by atoms with Crippen molar-refractivity contribution in [2.24, 2.45) is 5.92 Å². The molecule has 1 saturated heterocycles. The molecule has 2 aliphatic rings. The summed E-state index contributed by atoms with van der Waals surface area (Å²) in [6.07, 6.45) is 2.44. The number of hydrogen-bond donors (Lipinski definition) is 1. The molecule has 7 heteroatoms. The van der Waals surface area contributed by atoms with Gasteiger partial charge in [0, 0.05) is 30.2 Å². The summed E-state index contributed by atoms with van der Waals surface area (Å²) in [5.41, 5.74) is 1.41. The fraction of sp³-hybridized carbons (Fsp3) is 0.333. The van der Waals surface area contributed by atoms with Gasteiger partial charge < -0.3 is 24.4 Å². The van der Waals surface area contributed by atoms with E-state index in [1.807, 2.05) is 18.2 Å². The zero-order chi connectivity index (χ0) is 21.2. The average Bonchev–Trinajstić information content (AvgIpc) is 3.25. The Bertz CT molecular complexity index is 1120. The fourth-order valence-corrected chi connectivity index (χ4v) is 4.11. The number of aromatic nitrogens is 1. The van der Waals surface area contributed by atoms with Crippen LogP contribution in [-0.4, -0.2) is 37.4 Å². The molecule has 0 bridgehead atoms. The molecule has 0 unspecified atom stereocenters. The molecule has 3 aromatic rings. The van der Waals surface area contributed by atoms with Gasteiger partial charge in [0.05, 0.1) is 0 Å². The minimum atomic E-state index is -0.253. The van der Waals surface area contributed by atoms with Gasteiger partial charge in [-0.05, 0) is 49.1 Å². The molecule has 2 aromatic carbocycles. The summed E-state index contributed by atoms with van der Waals surface area (Å²) < 4.78 is 16.5. The van der Waals surface area contributed by atoms with Gasteiger partial charge in [0.25, 0.3) is 5.91 Å². The van der Waals surface area contributed by atoms with Gasteiger partial charge in [-0.1, -0.05) is 19.1 Å². The summed E-state index contributed by atoms with van der Waals surface area (Å²) in [7, 11) is 0. The van der Waals surface area contributed by atoms with Gasteiger partial charge in [0.1, 0.15) is 17.1 Å². The van der Waals surface area contributed by atoms with Crippen LogP contribution in [0.25, 0.3) is 10.9 Å². The van der Waals surface area contributed by atoms with E-state index in [-0.39, 0.29) is 19.3 Å². The average molecular weight is 419 g/mol. The van der Waals surface area contributed by atoms with Crippen molar-refractivity contribution in [3.8, 4) is 17.2 Å². The molecule has 1 N–H and O–H groups in total. The molecule has 5 rings (SSSR count). The van der Waals surface area contributed by atoms with Gasteiger partial charge in [0.15, 0.2) is 18.1 Å². The molecule has 3 heterocycles. The van der Waals surface area contributed by atoms with Crippen LogP contribution in [0.3, 0.4) is 0 Å². The lowest BCUT2D eigenvalue weighted by Gasteiger charge is -2.32. The number of amides is 1. The molecule has 7 nitrogen and oxygen atoms in total. The number of pyridine rings is 1. The van der Waals surface area contributed by atoms with Crippen molar-refractivity contribution in [1.29, 1.82) is 0 Å². The minimum absolute atomic E-state index is 0.111. The lowest BCUT2D eigenvalue weighted by Crippen LogP contribution is -2.34. The lowest BCUT2D eigenvalue weighted by molar-refractivity contribution is -0.118. The molecule has 1 atom stereocenters. The molecule has 1 fully saturated rings. The fourth-order valence-electron chi connectivity index (χ4n) is 4.11. The molecule has 31 heavy (non-hydrogen) atoms. The van der Waals surface area contributed by atoms with Crippen LogP contribution < -0.4 is 24.4 Å². The highest BCUT2D eigenvalue weighted by atomic mass is 16.7. The molecule has 0 saturated carbocycles. The number of nitrogens with one attached hydrogen (secondary N) is 1. The number of ether oxygens (including phenoxy) is 3. The normalized spacial score (nSPS) is 17.6. The quantitative estimate of drug-likeness (QED) is 0.668. The Morgan fingerprint density at radius 1 is 1.19 bits per heavy atom. The summed E-state index contributed by atoms with van der Waals surface area (Å²) >= 11 is 0. The van der Waals surface area contributed by atoms with E-state index in [0.717, 1.165) is 29.8 Å². The van der Waals surface area contributed by atoms with Crippen LogP contribution in [0.2, 0.25) is 0 Å². The SMILES string of the molecule is C[C@H]1CCCN(c2ccc3cccc(OCC(=O)Nc4ccc5c(c4)OCO5)c3n2)C1. The van der Waals surface area contributed by atoms with Crippen LogP contribution in [0.1, 0.15) is 19.8 Å². The van der Waals surface area contributed by atoms with Crippen molar-refractivity contribution in [2.45, 2.75) is 19.8 Å². The Labute approximate surface area is 180 Å². The number of rotatable bonds is 5. The summed E-state index contributed by atoms with van der Waals surface area (Å²) in [6.45, 7) is 4.40. The van der Waals surface area contributed by atoms with Crippen LogP contribution in [0.4, 0.5) is 11.5 Å². The highest BCUT2D eigenvalue weighted by molar-refractivity contribution is 5.93. The number of nitrogens with zero attached hydrogens (tertiary/aromatic N) is 2. The van der Waals surface area contributed by atoms with Crippen LogP contribution in [0.15, 0.2) is 48.5 Å². The first-order valence-corrected chi connectivity index (χ1v) is 10.6. The van der Waals surface area contributed by atoms with E-state index in [4.69, 9.17) is 19.2 Å². The first kappa shape index (κ1) is 19.5. The van der Waals surface area contributed by atoms with Crippen LogP contribution in [0, 0.1) is 5.92 Å². The first-order valence-electron chi connectivity index (χ1n) is 10.6. The van der Waals surface area contributed by atoms with E-state index in [0.29, 0.717) is 28.9 Å². The third-order valence-electron chi connectivity index (χ3n) is 5.66. The van der Waals surface area contributed by atoms with Crippen LogP contribution >= 0.6 is 0 Å². The molecule has 0 spiro atoms. The number of piperidine rings is 1. The zero-order valence-electron chi connectivity index (χ0n) is 17.5. The Morgan fingerprint density at radius 2 is 2.10 bits per heavy atom. The summed E-state index contributed by atoms with van der Waals surface area (Å²) in [5.74, 6) is 3.27. The maximum Gasteiger partial charge on any atom is 0.262 e. The molecule has 1 aromatic heterocycles. The van der Waals surface area contributed by atoms with Crippen molar-refractivity contribution >= 4 is 28.3 Å². The van der Waals surface area contributed by atoms with E-state index in [1.165, 1.54) is 12.8 Å². The standard InChI is InChI=1S/C24H25N3O4/c1-16-4-3-11-27(13-16)22-10-7-17-5-2-6-20(24(17)26-22)29-14-23(28)25-18-8-9-19-21(12-18)31-15-30-19/h2,5-10,12,16H,3-4,11,13-15H2,1H3,(H,25,28)/t16-/m0/s1. The Balaban J connectivity index is 1.29. The van der Waals surface area contributed by atoms with Gasteiger partial charge >= 0.3 is 0 Å². The van der Waals surface area contributed by atoms with E-state index >= 15 is 0 Å². The molecule has 2 aliphatic heterocycles. The van der Waals surface area contributed by atoms with Crippen molar-refractivity contribution in [1.82, 2.24) is 4.98 Å². The minimum Gasteiger partial charge on any atom is -0.481 e. The third-order valence-corrected chi connectivity index (χ3v) is 5.66. The second kappa shape index (κ2) is 8.34. The monoisotopic (exact) mass is 419 g/mol. The van der Waals surface area contributed by atoms with Crippen LogP contribution in [-0.2, 0) is 4.79 Å². The number of hydrogen-bond acceptors (Lipinski definition) is 6. The maximum atomic E-state index is 12.4. The molecule has 1 amide bonds. The van der Waals surface area contributed by atoms with E-state index in [2.05, 4.69) is 29.3 Å². The molecular weight excluding hydrogens is 394 g/mol. The predicted molar refractivity (Wildman–Crippen MR) is 119 cm³/mol. The summed E-state index contributed by atoms with van der Waals surface area (Å²) in [6, 6.07) is 15.2. The lowest BCUT2D eigenvalue weighted by atomic mass is 10.0. The summed E-state index contributed by atoms with van der Waals surface area (Å²) in [4.78, 5) is 19.6. The van der Waals surface area contributed by atoms with Crippen molar-refractivity contribution in [2.75, 3.05) is 36.7 Å². The zero-order valence-corrected chi connectivity index (χ0v) is 17.5. The van der Waals surface area contributed by atoms with Gasteiger partial charge in [-0.15, -0.1) is 0 Å². The Kier molecular flexibility index (Phi) is 5.24. The second-order valence-corrected chi connectivity index (χ2v) is 8.10. The van der Waals surface area contributed by atoms with Crippen LogP contribution in [0.5, 0.6) is 17.2 Å². The van der Waals surface area contributed by atoms with E-state index in [9.17, 15) is 4.79 Å². The highest BCUT2D eigenvalue weighted by Crippen LogP contribution is 2.34. The number of carbonyl (C=O) groups excluding carboxylic acids is 1. The maximum absolute atomic E-state index is 12.4. The largest absolute Gasteiger partial charge is 0.481 e. The number of carbonyl (C=O) groups is 1. The van der Waals surface area contributed by atoms with Crippen molar-refractivity contribution in [3.63, 3.8) is 0 Å². The van der Waals surface area contributed by atoms with Gasteiger partial charge in [-0.25, -0.2) is 4.98 Å². The summed E-state index contributed by atoms with van der Waals surface area (Å²) in [5, 5.41) is 3.82. The van der Waals surface area contributed by atoms with E-state index < -0.39 is 0 Å². The predicted octanol–water partition coefficient (Wildman–Crippen LogP) is 4.22. The van der Waals surface area contributed by atoms with Gasteiger partial charge in [-0.3, -0.25) is 4.79 Å². The number of benzene rings is 2. The van der Waals surface area contributed by atoms with Gasteiger partial charge in [0.2, 0.25) is 6.79 Å². The molecule has 0 radical (unpaired) electrons.